The minimum atomic E-state index is -3.83. The Kier molecular flexibility index (Phi) is 7.02. The highest BCUT2D eigenvalue weighted by atomic mass is 32.2. The second kappa shape index (κ2) is 7.42. The van der Waals surface area contributed by atoms with Gasteiger partial charge in [0.1, 0.15) is 0 Å². The second-order valence-corrected chi connectivity index (χ2v) is 4.92. The van der Waals surface area contributed by atoms with Crippen LogP contribution in [0.25, 0.3) is 0 Å². The smallest absolute Gasteiger partial charge is 0.421 e. The van der Waals surface area contributed by atoms with Crippen LogP contribution in [-0.4, -0.2) is 39.9 Å². The molecule has 0 aromatic carbocycles. The number of nitrogens with one attached hydrogen (secondary N) is 2. The zero-order valence-electron chi connectivity index (χ0n) is 9.39. The molecular formula is C8H18N2O5S. The molecule has 0 radical (unpaired) electrons. The summed E-state index contributed by atoms with van der Waals surface area (Å²) in [6.07, 6.45) is 0.261. The van der Waals surface area contributed by atoms with Crippen molar-refractivity contribution in [3.63, 3.8) is 0 Å². The molecule has 0 saturated carbocycles. The number of methoxy groups -OCH3 is 1. The van der Waals surface area contributed by atoms with Crippen LogP contribution in [0.2, 0.25) is 0 Å². The van der Waals surface area contributed by atoms with Crippen molar-refractivity contribution in [1.29, 1.82) is 0 Å². The third-order valence-electron chi connectivity index (χ3n) is 1.88. The Morgan fingerprint density at radius 1 is 1.50 bits per heavy atom. The molecule has 8 heteroatoms. The molecule has 3 N–H and O–H groups in total. The van der Waals surface area contributed by atoms with Crippen molar-refractivity contribution in [2.24, 2.45) is 5.92 Å². The summed E-state index contributed by atoms with van der Waals surface area (Å²) in [5, 5.41) is 8.73. The molecular weight excluding hydrogens is 236 g/mol. The summed E-state index contributed by atoms with van der Waals surface area (Å²) in [7, 11) is -2.76. The van der Waals surface area contributed by atoms with Crippen LogP contribution in [0.1, 0.15) is 19.8 Å². The third kappa shape index (κ3) is 7.43. The predicted octanol–water partition coefficient (Wildman–Crippen LogP) is -0.415. The van der Waals surface area contributed by atoms with E-state index >= 15 is 0 Å². The van der Waals surface area contributed by atoms with Crippen LogP contribution in [0.15, 0.2) is 0 Å². The molecule has 0 bridgehead atoms. The molecule has 0 aliphatic rings. The summed E-state index contributed by atoms with van der Waals surface area (Å²) in [5.74, 6) is 0.137. The maximum atomic E-state index is 11.1. The molecule has 1 amide bonds. The van der Waals surface area contributed by atoms with E-state index in [0.29, 0.717) is 12.8 Å². The number of aliphatic hydroxyl groups is 1. The first-order chi connectivity index (χ1) is 7.41. The zero-order chi connectivity index (χ0) is 12.6. The van der Waals surface area contributed by atoms with Crippen LogP contribution in [-0.2, 0) is 14.9 Å². The maximum absolute atomic E-state index is 11.1. The van der Waals surface area contributed by atoms with Crippen molar-refractivity contribution >= 4 is 16.3 Å². The average Bonchev–Trinajstić information content (AvgIpc) is 2.23. The van der Waals surface area contributed by atoms with Crippen LogP contribution in [0.4, 0.5) is 4.79 Å². The van der Waals surface area contributed by atoms with Crippen molar-refractivity contribution in [3.05, 3.63) is 0 Å². The number of carbonyl (C=O) groups excluding carboxylic acids is 1. The van der Waals surface area contributed by atoms with Gasteiger partial charge in [-0.1, -0.05) is 6.92 Å². The number of rotatable bonds is 7. The van der Waals surface area contributed by atoms with Gasteiger partial charge in [-0.25, -0.2) is 9.52 Å². The molecule has 0 spiro atoms. The fourth-order valence-electron chi connectivity index (χ4n) is 0.936. The van der Waals surface area contributed by atoms with Gasteiger partial charge in [0.05, 0.1) is 7.11 Å². The highest BCUT2D eigenvalue weighted by Crippen LogP contribution is 2.02. The fourth-order valence-corrected chi connectivity index (χ4v) is 1.72. The number of ether oxygens (including phenoxy) is 1. The Morgan fingerprint density at radius 2 is 2.12 bits per heavy atom. The monoisotopic (exact) mass is 254 g/mol. The van der Waals surface area contributed by atoms with Crippen molar-refractivity contribution in [2.45, 2.75) is 19.8 Å². The van der Waals surface area contributed by atoms with Gasteiger partial charge >= 0.3 is 16.3 Å². The molecule has 0 saturated heterocycles. The second-order valence-electron chi connectivity index (χ2n) is 3.42. The van der Waals surface area contributed by atoms with Gasteiger partial charge in [-0.3, -0.25) is 0 Å². The van der Waals surface area contributed by atoms with E-state index in [9.17, 15) is 13.2 Å². The molecule has 0 aromatic rings. The van der Waals surface area contributed by atoms with Gasteiger partial charge in [-0.05, 0) is 18.8 Å². The predicted molar refractivity (Wildman–Crippen MR) is 57.9 cm³/mol. The lowest BCUT2D eigenvalue weighted by Gasteiger charge is -2.09. The lowest BCUT2D eigenvalue weighted by Crippen LogP contribution is -2.40. The Labute approximate surface area is 95.4 Å². The SMILES string of the molecule is COC(=O)NS(=O)(=O)NCCCC(C)CO. The first kappa shape index (κ1) is 15.1. The summed E-state index contributed by atoms with van der Waals surface area (Å²) in [6.45, 7) is 2.14. The van der Waals surface area contributed by atoms with Gasteiger partial charge in [0.2, 0.25) is 0 Å². The molecule has 0 aromatic heterocycles. The molecule has 7 nitrogen and oxygen atoms in total. The first-order valence-electron chi connectivity index (χ1n) is 4.87. The van der Waals surface area contributed by atoms with Crippen LogP contribution >= 0.6 is 0 Å². The van der Waals surface area contributed by atoms with Crippen LogP contribution in [0, 0.1) is 5.92 Å². The van der Waals surface area contributed by atoms with E-state index in [0.717, 1.165) is 7.11 Å². The van der Waals surface area contributed by atoms with E-state index in [1.807, 2.05) is 6.92 Å². The summed E-state index contributed by atoms with van der Waals surface area (Å²) in [6, 6.07) is 0. The van der Waals surface area contributed by atoms with E-state index in [4.69, 9.17) is 5.11 Å². The van der Waals surface area contributed by atoms with Crippen LogP contribution in [0.5, 0.6) is 0 Å². The Morgan fingerprint density at radius 3 is 2.62 bits per heavy atom. The normalized spacial score (nSPS) is 13.2. The van der Waals surface area contributed by atoms with E-state index < -0.39 is 16.3 Å². The van der Waals surface area contributed by atoms with E-state index in [-0.39, 0.29) is 19.1 Å². The number of amides is 1. The highest BCUT2D eigenvalue weighted by Gasteiger charge is 2.13. The Hall–Kier alpha value is -0.860. The number of hydrogen-bond donors (Lipinski definition) is 3. The van der Waals surface area contributed by atoms with E-state index in [1.165, 1.54) is 0 Å². The lowest BCUT2D eigenvalue weighted by atomic mass is 10.1. The quantitative estimate of drug-likeness (QED) is 0.535. The van der Waals surface area contributed by atoms with Crippen LogP contribution in [0.3, 0.4) is 0 Å². The molecule has 0 heterocycles. The van der Waals surface area contributed by atoms with Crippen molar-refractivity contribution in [2.75, 3.05) is 20.3 Å². The van der Waals surface area contributed by atoms with Crippen molar-refractivity contribution < 1.29 is 23.1 Å². The molecule has 1 atom stereocenters. The minimum absolute atomic E-state index is 0.0765. The van der Waals surface area contributed by atoms with Gasteiger partial charge in [0.15, 0.2) is 0 Å². The summed E-state index contributed by atoms with van der Waals surface area (Å²) in [4.78, 5) is 10.6. The fraction of sp³-hybridized carbons (Fsp3) is 0.875. The van der Waals surface area contributed by atoms with E-state index in [1.54, 1.807) is 4.72 Å². The van der Waals surface area contributed by atoms with Crippen molar-refractivity contribution in [3.8, 4) is 0 Å². The molecule has 1 unspecified atom stereocenters. The molecule has 96 valence electrons. The molecule has 0 aliphatic carbocycles. The van der Waals surface area contributed by atoms with Gasteiger partial charge < -0.3 is 9.84 Å². The topological polar surface area (TPSA) is 105 Å². The number of carbonyl (C=O) groups is 1. The Bertz CT molecular complexity index is 304. The Balaban J connectivity index is 3.79. The first-order valence-corrected chi connectivity index (χ1v) is 6.35. The van der Waals surface area contributed by atoms with Gasteiger partial charge in [0, 0.05) is 13.2 Å². The van der Waals surface area contributed by atoms with Gasteiger partial charge in [0.25, 0.3) is 0 Å². The van der Waals surface area contributed by atoms with E-state index in [2.05, 4.69) is 9.46 Å². The highest BCUT2D eigenvalue weighted by molar-refractivity contribution is 7.88. The average molecular weight is 254 g/mol. The molecule has 0 aliphatic heterocycles. The largest absolute Gasteiger partial charge is 0.452 e. The molecule has 16 heavy (non-hydrogen) atoms. The standard InChI is InChI=1S/C8H18N2O5S/c1-7(6-11)4-3-5-9-16(13,14)10-8(12)15-2/h7,9,11H,3-6H2,1-2H3,(H,10,12). The third-order valence-corrected chi connectivity index (χ3v) is 2.90. The zero-order valence-corrected chi connectivity index (χ0v) is 10.2. The summed E-state index contributed by atoms with van der Waals surface area (Å²) in [5.41, 5.74) is 0. The maximum Gasteiger partial charge on any atom is 0.421 e. The van der Waals surface area contributed by atoms with Crippen molar-refractivity contribution in [1.82, 2.24) is 9.44 Å². The summed E-state index contributed by atoms with van der Waals surface area (Å²) < 4.78 is 30.3. The number of aliphatic hydroxyl groups excluding tert-OH is 1. The molecule has 0 fully saturated rings. The summed E-state index contributed by atoms with van der Waals surface area (Å²) >= 11 is 0. The van der Waals surface area contributed by atoms with Gasteiger partial charge in [-0.2, -0.15) is 13.1 Å². The molecule has 0 rings (SSSR count). The minimum Gasteiger partial charge on any atom is -0.452 e. The number of hydrogen-bond acceptors (Lipinski definition) is 5. The van der Waals surface area contributed by atoms with Crippen LogP contribution < -0.4 is 9.44 Å². The van der Waals surface area contributed by atoms with Gasteiger partial charge in [-0.15, -0.1) is 0 Å². The lowest BCUT2D eigenvalue weighted by molar-refractivity contribution is 0.177.